The van der Waals surface area contributed by atoms with Crippen molar-refractivity contribution in [2.24, 2.45) is 0 Å². The Morgan fingerprint density at radius 2 is 1.95 bits per heavy atom. The Morgan fingerprint density at radius 3 is 2.47 bits per heavy atom. The highest BCUT2D eigenvalue weighted by molar-refractivity contribution is 7.19. The van der Waals surface area contributed by atoms with Crippen LogP contribution in [-0.2, 0) is 0 Å². The van der Waals surface area contributed by atoms with Gasteiger partial charge < -0.3 is 10.2 Å². The number of hydrogen-bond acceptors (Lipinski definition) is 6. The Balaban J connectivity index is 2.46. The molecular weight excluding hydrogens is 282 g/mol. The molecule has 0 fully saturated rings. The Kier molecular flexibility index (Phi) is 4.55. The van der Waals surface area contributed by atoms with Crippen molar-refractivity contribution in [1.29, 1.82) is 0 Å². The maximum absolute atomic E-state index is 5.96. The molecule has 1 N–H and O–H groups in total. The molecule has 5 nitrogen and oxygen atoms in total. The smallest absolute Gasteiger partial charge is 0.230 e. The van der Waals surface area contributed by atoms with Crippen LogP contribution in [-0.4, -0.2) is 35.1 Å². The third-order valence-electron chi connectivity index (χ3n) is 2.69. The Morgan fingerprint density at radius 1 is 1.21 bits per heavy atom. The number of aromatic nitrogens is 3. The standard InChI is InChI=1S/C12H16ClN5S/c1-4-18(5-2)12-16-10(15-11(14-3)17-12)8-6-7-9(13)19-8/h6-7H,4-5H2,1-3H3,(H,14,15,16,17). The number of rotatable bonds is 5. The maximum atomic E-state index is 5.96. The second kappa shape index (κ2) is 6.16. The van der Waals surface area contributed by atoms with Gasteiger partial charge in [-0.05, 0) is 26.0 Å². The fraction of sp³-hybridized carbons (Fsp3) is 0.417. The van der Waals surface area contributed by atoms with E-state index in [1.54, 1.807) is 7.05 Å². The van der Waals surface area contributed by atoms with Crippen LogP contribution >= 0.6 is 22.9 Å². The van der Waals surface area contributed by atoms with Gasteiger partial charge in [0.05, 0.1) is 9.21 Å². The van der Waals surface area contributed by atoms with Gasteiger partial charge >= 0.3 is 0 Å². The third kappa shape index (κ3) is 3.13. The van der Waals surface area contributed by atoms with Crippen LogP contribution in [0.4, 0.5) is 11.9 Å². The summed E-state index contributed by atoms with van der Waals surface area (Å²) in [7, 11) is 1.80. The predicted molar refractivity (Wildman–Crippen MR) is 81.3 cm³/mol. The molecule has 0 unspecified atom stereocenters. The zero-order chi connectivity index (χ0) is 13.8. The van der Waals surface area contributed by atoms with Gasteiger partial charge in [0.1, 0.15) is 0 Å². The molecule has 0 aliphatic carbocycles. The first kappa shape index (κ1) is 14.0. The second-order valence-electron chi connectivity index (χ2n) is 3.81. The molecule has 0 bridgehead atoms. The summed E-state index contributed by atoms with van der Waals surface area (Å²) >= 11 is 7.42. The van der Waals surface area contributed by atoms with Crippen LogP contribution in [0.1, 0.15) is 13.8 Å². The minimum atomic E-state index is 0.566. The summed E-state index contributed by atoms with van der Waals surface area (Å²) < 4.78 is 0.728. The number of nitrogens with one attached hydrogen (secondary N) is 1. The number of thiophene rings is 1. The molecule has 102 valence electrons. The average Bonchev–Trinajstić information content (AvgIpc) is 2.86. The van der Waals surface area contributed by atoms with Crippen LogP contribution in [0.3, 0.4) is 0 Å². The van der Waals surface area contributed by atoms with E-state index in [2.05, 4.69) is 39.0 Å². The highest BCUT2D eigenvalue weighted by atomic mass is 35.5. The van der Waals surface area contributed by atoms with E-state index in [4.69, 9.17) is 11.6 Å². The van der Waals surface area contributed by atoms with Crippen LogP contribution < -0.4 is 10.2 Å². The van der Waals surface area contributed by atoms with Gasteiger partial charge in [0.2, 0.25) is 11.9 Å². The first-order chi connectivity index (χ1) is 9.17. The minimum Gasteiger partial charge on any atom is -0.357 e. The molecule has 7 heteroatoms. The molecule has 0 amide bonds. The van der Waals surface area contributed by atoms with E-state index >= 15 is 0 Å². The molecule has 0 aliphatic rings. The van der Waals surface area contributed by atoms with E-state index in [1.165, 1.54) is 11.3 Å². The molecule has 0 atom stereocenters. The molecule has 0 aromatic carbocycles. The van der Waals surface area contributed by atoms with Gasteiger partial charge in [-0.3, -0.25) is 0 Å². The number of halogens is 1. The maximum Gasteiger partial charge on any atom is 0.230 e. The van der Waals surface area contributed by atoms with Gasteiger partial charge in [0, 0.05) is 20.1 Å². The van der Waals surface area contributed by atoms with Crippen LogP contribution in [0.15, 0.2) is 12.1 Å². The Hall–Kier alpha value is -1.40. The molecule has 0 aliphatic heterocycles. The lowest BCUT2D eigenvalue weighted by atomic mass is 10.4. The fourth-order valence-corrected chi connectivity index (χ4v) is 2.65. The molecule has 2 rings (SSSR count). The number of anilines is 2. The van der Waals surface area contributed by atoms with Gasteiger partial charge in [-0.1, -0.05) is 11.6 Å². The zero-order valence-electron chi connectivity index (χ0n) is 11.1. The van der Waals surface area contributed by atoms with Crippen LogP contribution in [0, 0.1) is 0 Å². The SMILES string of the molecule is CCN(CC)c1nc(NC)nc(-c2ccc(Cl)s2)n1. The lowest BCUT2D eigenvalue weighted by Gasteiger charge is -2.19. The van der Waals surface area contributed by atoms with Gasteiger partial charge in [-0.15, -0.1) is 11.3 Å². The summed E-state index contributed by atoms with van der Waals surface area (Å²) in [6, 6.07) is 3.77. The average molecular weight is 298 g/mol. The lowest BCUT2D eigenvalue weighted by Crippen LogP contribution is -2.25. The number of hydrogen-bond donors (Lipinski definition) is 1. The van der Waals surface area contributed by atoms with E-state index < -0.39 is 0 Å². The van der Waals surface area contributed by atoms with E-state index in [0.717, 1.165) is 22.3 Å². The topological polar surface area (TPSA) is 53.9 Å². The van der Waals surface area contributed by atoms with Crippen molar-refractivity contribution in [3.63, 3.8) is 0 Å². The van der Waals surface area contributed by atoms with Crippen LogP contribution in [0.25, 0.3) is 10.7 Å². The van der Waals surface area contributed by atoms with E-state index in [9.17, 15) is 0 Å². The molecule has 2 aromatic rings. The quantitative estimate of drug-likeness (QED) is 0.919. The normalized spacial score (nSPS) is 10.5. The van der Waals surface area contributed by atoms with E-state index in [1.807, 2.05) is 12.1 Å². The molecule has 0 saturated heterocycles. The summed E-state index contributed by atoms with van der Waals surface area (Å²) in [5.41, 5.74) is 0. The zero-order valence-corrected chi connectivity index (χ0v) is 12.7. The van der Waals surface area contributed by atoms with Gasteiger partial charge in [0.25, 0.3) is 0 Å². The van der Waals surface area contributed by atoms with Crippen molar-refractivity contribution in [1.82, 2.24) is 15.0 Å². The Labute approximate surface area is 121 Å². The number of nitrogens with zero attached hydrogens (tertiary/aromatic N) is 4. The summed E-state index contributed by atoms with van der Waals surface area (Å²) in [5, 5.41) is 2.97. The highest BCUT2D eigenvalue weighted by Crippen LogP contribution is 2.29. The van der Waals surface area contributed by atoms with Crippen molar-refractivity contribution in [2.75, 3.05) is 30.4 Å². The molecule has 0 radical (unpaired) electrons. The van der Waals surface area contributed by atoms with Gasteiger partial charge in [0.15, 0.2) is 5.82 Å². The molecule has 2 heterocycles. The molecule has 0 saturated carbocycles. The van der Waals surface area contributed by atoms with Crippen molar-refractivity contribution >= 4 is 34.8 Å². The summed E-state index contributed by atoms with van der Waals surface area (Å²) in [4.78, 5) is 16.3. The summed E-state index contributed by atoms with van der Waals surface area (Å²) in [6.45, 7) is 5.87. The second-order valence-corrected chi connectivity index (χ2v) is 5.52. The van der Waals surface area contributed by atoms with Crippen molar-refractivity contribution in [2.45, 2.75) is 13.8 Å². The Bertz CT molecular complexity index is 553. The largest absolute Gasteiger partial charge is 0.357 e. The summed E-state index contributed by atoms with van der Waals surface area (Å²) in [6.07, 6.45) is 0. The third-order valence-corrected chi connectivity index (χ3v) is 3.91. The summed E-state index contributed by atoms with van der Waals surface area (Å²) in [5.74, 6) is 1.90. The fourth-order valence-electron chi connectivity index (χ4n) is 1.67. The van der Waals surface area contributed by atoms with Crippen molar-refractivity contribution in [3.05, 3.63) is 16.5 Å². The molecule has 2 aromatic heterocycles. The van der Waals surface area contributed by atoms with Gasteiger partial charge in [-0.25, -0.2) is 0 Å². The van der Waals surface area contributed by atoms with Crippen LogP contribution in [0.5, 0.6) is 0 Å². The molecular formula is C12H16ClN5S. The highest BCUT2D eigenvalue weighted by Gasteiger charge is 2.13. The molecule has 0 spiro atoms. The van der Waals surface area contributed by atoms with E-state index in [-0.39, 0.29) is 0 Å². The first-order valence-corrected chi connectivity index (χ1v) is 7.31. The predicted octanol–water partition coefficient (Wildman–Crippen LogP) is 3.14. The first-order valence-electron chi connectivity index (χ1n) is 6.12. The minimum absolute atomic E-state index is 0.566. The van der Waals surface area contributed by atoms with E-state index in [0.29, 0.717) is 17.7 Å². The van der Waals surface area contributed by atoms with Crippen LogP contribution in [0.2, 0.25) is 4.34 Å². The van der Waals surface area contributed by atoms with Crippen molar-refractivity contribution < 1.29 is 0 Å². The lowest BCUT2D eigenvalue weighted by molar-refractivity contribution is 0.815. The van der Waals surface area contributed by atoms with Gasteiger partial charge in [-0.2, -0.15) is 15.0 Å². The molecule has 19 heavy (non-hydrogen) atoms. The van der Waals surface area contributed by atoms with Crippen molar-refractivity contribution in [3.8, 4) is 10.7 Å². The monoisotopic (exact) mass is 297 g/mol.